The van der Waals surface area contributed by atoms with Crippen LogP contribution < -0.4 is 10.4 Å². The minimum atomic E-state index is -2.66. The van der Waals surface area contributed by atoms with Gasteiger partial charge in [0.2, 0.25) is 0 Å². The minimum absolute atomic E-state index is 0.102. The molecule has 0 N–H and O–H groups in total. The summed E-state index contributed by atoms with van der Waals surface area (Å²) in [5.74, 6) is -0.290. The van der Waals surface area contributed by atoms with Gasteiger partial charge in [0.1, 0.15) is 15.6 Å². The van der Waals surface area contributed by atoms with E-state index >= 15 is 0 Å². The van der Waals surface area contributed by atoms with Crippen molar-refractivity contribution in [3.63, 3.8) is 0 Å². The molecule has 0 atom stereocenters. The summed E-state index contributed by atoms with van der Waals surface area (Å²) in [6.45, 7) is 17.2. The van der Waals surface area contributed by atoms with Crippen molar-refractivity contribution in [1.29, 1.82) is 0 Å². The quantitative estimate of drug-likeness (QED) is 0.305. The molecule has 0 bridgehead atoms. The predicted molar refractivity (Wildman–Crippen MR) is 146 cm³/mol. The van der Waals surface area contributed by atoms with E-state index in [0.29, 0.717) is 11.6 Å². The molecule has 1 heterocycles. The number of benzene rings is 2. The molecule has 0 aliphatic carbocycles. The van der Waals surface area contributed by atoms with E-state index in [0.717, 1.165) is 5.01 Å². The Kier molecular flexibility index (Phi) is 8.04. The zero-order valence-corrected chi connectivity index (χ0v) is 24.0. The van der Waals surface area contributed by atoms with Crippen LogP contribution in [0.15, 0.2) is 60.7 Å². The van der Waals surface area contributed by atoms with E-state index < -0.39 is 13.9 Å². The van der Waals surface area contributed by atoms with Crippen LogP contribution in [-0.2, 0) is 25.8 Å². The van der Waals surface area contributed by atoms with E-state index in [9.17, 15) is 4.79 Å². The van der Waals surface area contributed by atoms with Gasteiger partial charge >= 0.3 is 5.97 Å². The number of nitrogens with zero attached hydrogens (tertiary/aromatic N) is 2. The van der Waals surface area contributed by atoms with Gasteiger partial charge in [-0.15, -0.1) is 21.5 Å². The Labute approximate surface area is 215 Å². The molecule has 0 spiro atoms. The second-order valence-corrected chi connectivity index (χ2v) is 17.0. The normalized spacial score (nSPS) is 13.0. The van der Waals surface area contributed by atoms with Gasteiger partial charge in [-0.2, -0.15) is 0 Å². The summed E-state index contributed by atoms with van der Waals surface area (Å²) >= 11 is 1.46. The number of rotatable bonds is 8. The van der Waals surface area contributed by atoms with Gasteiger partial charge in [-0.25, -0.2) is 0 Å². The van der Waals surface area contributed by atoms with Crippen LogP contribution in [0.3, 0.4) is 0 Å². The largest absolute Gasteiger partial charge is 0.460 e. The molecular formula is C28H38N2O3SSi. The van der Waals surface area contributed by atoms with Crippen molar-refractivity contribution in [3.05, 3.63) is 70.7 Å². The maximum absolute atomic E-state index is 12.3. The van der Waals surface area contributed by atoms with Gasteiger partial charge in [0.25, 0.3) is 8.32 Å². The average molecular weight is 511 g/mol. The topological polar surface area (TPSA) is 61.3 Å². The Morgan fingerprint density at radius 2 is 1.34 bits per heavy atom. The van der Waals surface area contributed by atoms with Crippen LogP contribution in [0.25, 0.3) is 0 Å². The van der Waals surface area contributed by atoms with E-state index in [2.05, 4.69) is 93.3 Å². The molecule has 0 radical (unpaired) electrons. The first-order valence-corrected chi connectivity index (χ1v) is 14.8. The molecule has 1 aromatic heterocycles. The zero-order chi connectivity index (χ0) is 25.9. The van der Waals surface area contributed by atoms with Gasteiger partial charge in [0, 0.05) is 12.0 Å². The molecule has 0 saturated carbocycles. The van der Waals surface area contributed by atoms with Gasteiger partial charge in [0.15, 0.2) is 0 Å². The molecule has 0 saturated heterocycles. The standard InChI is InChI=1S/C28H38N2O3SSi/c1-26(2,3)33-24(31)19-23-29-30-25(34-23)28(7,8)20-32-35(27(4,5)6,21-15-11-9-12-16-21)22-17-13-10-14-18-22/h9-18H,19-20H2,1-8H3. The molecule has 2 aromatic carbocycles. The summed E-state index contributed by atoms with van der Waals surface area (Å²) in [5.41, 5.74) is -0.898. The number of hydrogen-bond donors (Lipinski definition) is 0. The van der Waals surface area contributed by atoms with Crippen LogP contribution in [0, 0.1) is 0 Å². The lowest BCUT2D eigenvalue weighted by atomic mass is 9.96. The lowest BCUT2D eigenvalue weighted by Crippen LogP contribution is -2.67. The molecule has 3 rings (SSSR count). The summed E-state index contributed by atoms with van der Waals surface area (Å²) in [6.07, 6.45) is 0.126. The van der Waals surface area contributed by atoms with E-state index in [4.69, 9.17) is 9.16 Å². The number of carbonyl (C=O) groups excluding carboxylic acids is 1. The number of aromatic nitrogens is 2. The molecule has 5 nitrogen and oxygen atoms in total. The van der Waals surface area contributed by atoms with Crippen LogP contribution in [-0.4, -0.2) is 36.7 Å². The summed E-state index contributed by atoms with van der Waals surface area (Å²) in [6, 6.07) is 21.2. The summed E-state index contributed by atoms with van der Waals surface area (Å²) < 4.78 is 12.6. The Balaban J connectivity index is 1.90. The molecule has 0 aliphatic rings. The second kappa shape index (κ2) is 10.3. The van der Waals surface area contributed by atoms with Gasteiger partial charge in [0.05, 0.1) is 6.42 Å². The molecule has 3 aromatic rings. The molecule has 0 fully saturated rings. The van der Waals surface area contributed by atoms with Crippen LogP contribution >= 0.6 is 11.3 Å². The first-order valence-electron chi connectivity index (χ1n) is 12.0. The first-order chi connectivity index (χ1) is 16.2. The van der Waals surface area contributed by atoms with Gasteiger partial charge in [-0.1, -0.05) is 95.3 Å². The van der Waals surface area contributed by atoms with Crippen molar-refractivity contribution in [2.45, 2.75) is 77.9 Å². The van der Waals surface area contributed by atoms with Crippen molar-refractivity contribution < 1.29 is 14.0 Å². The Morgan fingerprint density at radius 1 is 0.829 bits per heavy atom. The zero-order valence-electron chi connectivity index (χ0n) is 22.2. The lowest BCUT2D eigenvalue weighted by molar-refractivity contribution is -0.153. The fourth-order valence-electron chi connectivity index (χ4n) is 4.21. The third-order valence-electron chi connectivity index (χ3n) is 5.83. The van der Waals surface area contributed by atoms with Crippen molar-refractivity contribution in [2.24, 2.45) is 0 Å². The summed E-state index contributed by atoms with van der Waals surface area (Å²) in [7, 11) is -2.66. The number of esters is 1. The van der Waals surface area contributed by atoms with E-state index in [1.54, 1.807) is 0 Å². The molecule has 35 heavy (non-hydrogen) atoms. The number of hydrogen-bond acceptors (Lipinski definition) is 6. The van der Waals surface area contributed by atoms with Crippen molar-refractivity contribution in [2.75, 3.05) is 6.61 Å². The fraction of sp³-hybridized carbons (Fsp3) is 0.464. The second-order valence-electron chi connectivity index (χ2n) is 11.6. The highest BCUT2D eigenvalue weighted by Gasteiger charge is 2.51. The maximum atomic E-state index is 12.3. The molecule has 7 heteroatoms. The highest BCUT2D eigenvalue weighted by molar-refractivity contribution is 7.11. The third-order valence-corrected chi connectivity index (χ3v) is 12.1. The maximum Gasteiger partial charge on any atom is 0.313 e. The highest BCUT2D eigenvalue weighted by atomic mass is 32.1. The van der Waals surface area contributed by atoms with Crippen molar-refractivity contribution in [1.82, 2.24) is 10.2 Å². The predicted octanol–water partition coefficient (Wildman–Crippen LogP) is 5.28. The smallest absolute Gasteiger partial charge is 0.313 e. The van der Waals surface area contributed by atoms with Crippen LogP contribution in [0.5, 0.6) is 0 Å². The molecule has 0 aliphatic heterocycles. The Hall–Kier alpha value is -2.35. The van der Waals surface area contributed by atoms with E-state index in [1.165, 1.54) is 21.7 Å². The van der Waals surface area contributed by atoms with Crippen LogP contribution in [0.1, 0.15) is 65.4 Å². The Morgan fingerprint density at radius 3 is 1.80 bits per heavy atom. The molecule has 0 amide bonds. The van der Waals surface area contributed by atoms with E-state index in [-0.39, 0.29) is 22.8 Å². The summed E-state index contributed by atoms with van der Waals surface area (Å²) in [4.78, 5) is 12.3. The molecule has 0 unspecified atom stereocenters. The summed E-state index contributed by atoms with van der Waals surface area (Å²) in [5, 5.41) is 12.6. The monoisotopic (exact) mass is 510 g/mol. The van der Waals surface area contributed by atoms with E-state index in [1.807, 2.05) is 32.9 Å². The number of ether oxygens (including phenoxy) is 1. The highest BCUT2D eigenvalue weighted by Crippen LogP contribution is 2.38. The average Bonchev–Trinajstić information content (AvgIpc) is 3.23. The van der Waals surface area contributed by atoms with Crippen molar-refractivity contribution >= 4 is 36.0 Å². The first kappa shape index (κ1) is 27.2. The third kappa shape index (κ3) is 6.45. The van der Waals surface area contributed by atoms with Gasteiger partial charge in [-0.3, -0.25) is 4.79 Å². The molecule has 188 valence electrons. The fourth-order valence-corrected chi connectivity index (χ4v) is 9.86. The lowest BCUT2D eigenvalue weighted by Gasteiger charge is -2.44. The van der Waals surface area contributed by atoms with Gasteiger partial charge < -0.3 is 9.16 Å². The van der Waals surface area contributed by atoms with Crippen LogP contribution in [0.4, 0.5) is 0 Å². The minimum Gasteiger partial charge on any atom is -0.460 e. The SMILES string of the molecule is CC(C)(C)OC(=O)Cc1nnc(C(C)(C)CO[Si](c2ccccc2)(c2ccccc2)C(C)(C)C)s1. The Bertz CT molecular complexity index is 1080. The van der Waals surface area contributed by atoms with Crippen molar-refractivity contribution in [3.8, 4) is 0 Å². The van der Waals surface area contributed by atoms with Crippen LogP contribution in [0.2, 0.25) is 5.04 Å². The molecular weight excluding hydrogens is 472 g/mol. The number of carbonyl (C=O) groups is 1. The van der Waals surface area contributed by atoms with Gasteiger partial charge in [-0.05, 0) is 36.2 Å².